The highest BCUT2D eigenvalue weighted by Gasteiger charge is 2.58. The lowest BCUT2D eigenvalue weighted by Gasteiger charge is -2.41. The Hall–Kier alpha value is -3.35. The lowest BCUT2D eigenvalue weighted by atomic mass is 9.82. The molecule has 0 bridgehead atoms. The number of ether oxygens (including phenoxy) is 2. The van der Waals surface area contributed by atoms with Crippen LogP contribution in [0, 0.1) is 11.8 Å². The van der Waals surface area contributed by atoms with Crippen LogP contribution in [0.1, 0.15) is 46.0 Å². The Bertz CT molecular complexity index is 1060. The summed E-state index contributed by atoms with van der Waals surface area (Å²) < 4.78 is 9.67. The molecule has 12 heteroatoms. The van der Waals surface area contributed by atoms with E-state index in [0.29, 0.717) is 37.8 Å². The highest BCUT2D eigenvalue weighted by molar-refractivity contribution is 6.19. The zero-order chi connectivity index (χ0) is 28.7. The average molecular weight is 549 g/mol. The fourth-order valence-corrected chi connectivity index (χ4v) is 4.94. The summed E-state index contributed by atoms with van der Waals surface area (Å²) in [5.74, 6) is -1.72. The van der Waals surface area contributed by atoms with Crippen molar-refractivity contribution in [1.82, 2.24) is 14.3 Å². The maximum atomic E-state index is 13.5. The van der Waals surface area contributed by atoms with Crippen LogP contribution in [0.15, 0.2) is 30.3 Å². The highest BCUT2D eigenvalue weighted by Crippen LogP contribution is 2.32. The normalized spacial score (nSPS) is 25.3. The molecule has 214 valence electrons. The van der Waals surface area contributed by atoms with Gasteiger partial charge in [0, 0.05) is 19.2 Å². The average Bonchev–Trinajstić information content (AvgIpc) is 2.96. The Kier molecular flexibility index (Phi) is 10.2. The maximum Gasteiger partial charge on any atom is 0.441 e. The smallest absolute Gasteiger partial charge is 0.441 e. The van der Waals surface area contributed by atoms with Gasteiger partial charge >= 0.3 is 30.0 Å². The molecular formula is C27H38N3O9+. The van der Waals surface area contributed by atoms with Gasteiger partial charge in [-0.25, -0.2) is 24.2 Å². The molecule has 0 radical (unpaired) electrons. The summed E-state index contributed by atoms with van der Waals surface area (Å²) in [6.07, 6.45) is 0.128. The number of carbonyl (C=O) groups is 5. The van der Waals surface area contributed by atoms with Crippen molar-refractivity contribution in [2.75, 3.05) is 33.4 Å². The second-order valence-corrected chi connectivity index (χ2v) is 10.0. The molecule has 1 aromatic rings. The van der Waals surface area contributed by atoms with E-state index in [2.05, 4.69) is 0 Å². The topological polar surface area (TPSA) is 151 Å². The molecule has 1 saturated heterocycles. The van der Waals surface area contributed by atoms with Crippen LogP contribution in [0.2, 0.25) is 0 Å². The van der Waals surface area contributed by atoms with Crippen molar-refractivity contribution >= 4 is 35.7 Å². The first-order valence-electron chi connectivity index (χ1n) is 13.3. The van der Waals surface area contributed by atoms with E-state index in [1.165, 1.54) is 7.05 Å². The van der Waals surface area contributed by atoms with E-state index in [1.54, 1.807) is 44.2 Å². The molecule has 2 N–H and O–H groups in total. The van der Waals surface area contributed by atoms with Gasteiger partial charge in [0.15, 0.2) is 5.69 Å². The number of quaternary nitrogens is 1. The van der Waals surface area contributed by atoms with Gasteiger partial charge in [0.05, 0.1) is 31.0 Å². The molecule has 1 aliphatic heterocycles. The number of benzene rings is 1. The van der Waals surface area contributed by atoms with Crippen molar-refractivity contribution in [3.05, 3.63) is 30.3 Å². The van der Waals surface area contributed by atoms with E-state index in [1.807, 2.05) is 0 Å². The van der Waals surface area contributed by atoms with E-state index in [9.17, 15) is 34.2 Å². The summed E-state index contributed by atoms with van der Waals surface area (Å²) in [5.41, 5.74) is 0.390. The van der Waals surface area contributed by atoms with Crippen molar-refractivity contribution in [3.8, 4) is 0 Å². The van der Waals surface area contributed by atoms with Crippen LogP contribution in [0.3, 0.4) is 0 Å². The lowest BCUT2D eigenvalue weighted by molar-refractivity contribution is -0.158. The molecule has 1 heterocycles. The van der Waals surface area contributed by atoms with Crippen molar-refractivity contribution < 1.29 is 43.7 Å². The van der Waals surface area contributed by atoms with Crippen LogP contribution in [-0.4, -0.2) is 95.6 Å². The first kappa shape index (κ1) is 30.2. The van der Waals surface area contributed by atoms with Gasteiger partial charge in [-0.2, -0.15) is 0 Å². The fourth-order valence-electron chi connectivity index (χ4n) is 4.94. The van der Waals surface area contributed by atoms with Gasteiger partial charge in [-0.1, -0.05) is 25.1 Å². The van der Waals surface area contributed by atoms with E-state index in [-0.39, 0.29) is 25.0 Å². The summed E-state index contributed by atoms with van der Waals surface area (Å²) in [7, 11) is 1.28. The van der Waals surface area contributed by atoms with E-state index in [4.69, 9.17) is 9.47 Å². The first-order chi connectivity index (χ1) is 18.6. The quantitative estimate of drug-likeness (QED) is 0.314. The predicted octanol–water partition coefficient (Wildman–Crippen LogP) is 2.65. The van der Waals surface area contributed by atoms with Gasteiger partial charge in [-0.15, -0.1) is 4.48 Å². The molecule has 1 saturated carbocycles. The predicted molar refractivity (Wildman–Crippen MR) is 139 cm³/mol. The third kappa shape index (κ3) is 6.45. The van der Waals surface area contributed by atoms with Crippen LogP contribution in [0.25, 0.3) is 0 Å². The number of aliphatic hydroxyl groups excluding tert-OH is 2. The highest BCUT2D eigenvalue weighted by atomic mass is 16.5. The summed E-state index contributed by atoms with van der Waals surface area (Å²) in [6, 6.07) is 6.02. The number of β-amino-alcohol motifs (C(OH)–C–C–N with tert-alkyl or cyclic N) is 1. The van der Waals surface area contributed by atoms with Crippen molar-refractivity contribution in [1.29, 1.82) is 0 Å². The Balaban J connectivity index is 1.55. The molecule has 39 heavy (non-hydrogen) atoms. The van der Waals surface area contributed by atoms with Crippen molar-refractivity contribution in [2.24, 2.45) is 11.8 Å². The third-order valence-electron chi connectivity index (χ3n) is 7.45. The third-order valence-corrected chi connectivity index (χ3v) is 7.45. The summed E-state index contributed by atoms with van der Waals surface area (Å²) in [4.78, 5) is 65.9. The SMILES string of the molecule is CCC(O)COC(=O)C1CCC(C(=O)OCC(O)CN2C(=O)N(C)C(=O)[N+](CC)(c3ccccc3)C2=O)CC1. The monoisotopic (exact) mass is 548 g/mol. The van der Waals surface area contributed by atoms with E-state index >= 15 is 0 Å². The molecule has 12 nitrogen and oxygen atoms in total. The summed E-state index contributed by atoms with van der Waals surface area (Å²) in [6.45, 7) is 2.54. The number of carbonyl (C=O) groups excluding carboxylic acids is 5. The van der Waals surface area contributed by atoms with Crippen LogP contribution in [0.4, 0.5) is 20.1 Å². The Morgan fingerprint density at radius 1 is 0.897 bits per heavy atom. The zero-order valence-electron chi connectivity index (χ0n) is 22.7. The number of hydrogen-bond donors (Lipinski definition) is 2. The van der Waals surface area contributed by atoms with E-state index in [0.717, 1.165) is 9.80 Å². The molecule has 1 aliphatic carbocycles. The largest absolute Gasteiger partial charge is 0.463 e. The first-order valence-corrected chi connectivity index (χ1v) is 13.3. The molecule has 0 spiro atoms. The molecule has 3 rings (SSSR count). The minimum atomic E-state index is -1.37. The van der Waals surface area contributed by atoms with Gasteiger partial charge < -0.3 is 19.7 Å². The number of rotatable bonds is 11. The maximum absolute atomic E-state index is 13.5. The Morgan fingerprint density at radius 2 is 1.41 bits per heavy atom. The number of aliphatic hydroxyl groups is 2. The molecule has 6 amide bonds. The molecule has 2 fully saturated rings. The standard InChI is InChI=1S/C27H38N3O9/c1-4-21(31)16-38-23(33)18-11-13-19(14-12-18)24(34)39-17-22(32)15-29-25(35)28(3)26(36)30(5-2,27(29)37)20-9-7-6-8-10-20/h6-10,18-19,21-22,31-32H,4-5,11-17H2,1-3H3/q+1. The van der Waals surface area contributed by atoms with Gasteiger partial charge in [-0.3, -0.25) is 9.59 Å². The Labute approximate surface area is 227 Å². The summed E-state index contributed by atoms with van der Waals surface area (Å²) in [5, 5.41) is 20.1. The van der Waals surface area contributed by atoms with Crippen LogP contribution < -0.4 is 4.48 Å². The fraction of sp³-hybridized carbons (Fsp3) is 0.593. The van der Waals surface area contributed by atoms with Crippen molar-refractivity contribution in [2.45, 2.75) is 58.2 Å². The van der Waals surface area contributed by atoms with Crippen LogP contribution in [-0.2, 0) is 19.1 Å². The number of imide groups is 3. The van der Waals surface area contributed by atoms with Gasteiger partial charge in [-0.05, 0) is 39.0 Å². The molecule has 0 aromatic heterocycles. The molecule has 3 atom stereocenters. The van der Waals surface area contributed by atoms with Crippen LogP contribution in [0.5, 0.6) is 0 Å². The number of esters is 2. The Morgan fingerprint density at radius 3 is 1.90 bits per heavy atom. The van der Waals surface area contributed by atoms with Crippen molar-refractivity contribution in [3.63, 3.8) is 0 Å². The lowest BCUT2D eigenvalue weighted by Crippen LogP contribution is -2.74. The number of amides is 6. The number of para-hydroxylation sites is 1. The summed E-state index contributed by atoms with van der Waals surface area (Å²) >= 11 is 0. The molecular weight excluding hydrogens is 510 g/mol. The number of nitrogens with zero attached hydrogens (tertiary/aromatic N) is 3. The minimum absolute atomic E-state index is 0.0508. The number of urea groups is 3. The zero-order valence-corrected chi connectivity index (χ0v) is 22.7. The molecule has 3 unspecified atom stereocenters. The molecule has 2 aliphatic rings. The van der Waals surface area contributed by atoms with Gasteiger partial charge in [0.25, 0.3) is 0 Å². The minimum Gasteiger partial charge on any atom is -0.463 e. The number of hydrogen-bond acceptors (Lipinski definition) is 9. The second kappa shape index (κ2) is 13.1. The van der Waals surface area contributed by atoms with Gasteiger partial charge in [0.1, 0.15) is 19.3 Å². The second-order valence-electron chi connectivity index (χ2n) is 10.0. The molecule has 1 aromatic carbocycles. The van der Waals surface area contributed by atoms with E-state index < -0.39 is 59.8 Å². The van der Waals surface area contributed by atoms with Crippen LogP contribution >= 0.6 is 0 Å². The van der Waals surface area contributed by atoms with Gasteiger partial charge in [0.2, 0.25) is 0 Å².